The molecule has 0 radical (unpaired) electrons. The number of ether oxygens (including phenoxy) is 1. The fourth-order valence-electron chi connectivity index (χ4n) is 2.37. The van der Waals surface area contributed by atoms with Crippen molar-refractivity contribution in [3.63, 3.8) is 0 Å². The fraction of sp³-hybridized carbons (Fsp3) is 0.615. The van der Waals surface area contributed by atoms with Gasteiger partial charge in [-0.2, -0.15) is 0 Å². The Labute approximate surface area is 106 Å². The third-order valence-electron chi connectivity index (χ3n) is 3.71. The van der Waals surface area contributed by atoms with Gasteiger partial charge in [0, 0.05) is 24.1 Å². The smallest absolute Gasteiger partial charge is 0.307 e. The molecule has 2 rings (SSSR count). The molecule has 1 aromatic heterocycles. The Morgan fingerprint density at radius 2 is 1.89 bits per heavy atom. The predicted molar refractivity (Wildman–Crippen MR) is 65.4 cm³/mol. The van der Waals surface area contributed by atoms with E-state index in [-0.39, 0.29) is 12.0 Å². The molecule has 1 N–H and O–H groups in total. The van der Waals surface area contributed by atoms with Crippen LogP contribution in [0.3, 0.4) is 0 Å². The summed E-state index contributed by atoms with van der Waals surface area (Å²) >= 11 is 0. The molecule has 0 unspecified atom stereocenters. The second-order valence-corrected chi connectivity index (χ2v) is 4.82. The van der Waals surface area contributed by atoms with E-state index in [1.54, 1.807) is 7.11 Å². The van der Waals surface area contributed by atoms with Crippen LogP contribution in [0.5, 0.6) is 0 Å². The van der Waals surface area contributed by atoms with Gasteiger partial charge in [-0.3, -0.25) is 4.79 Å². The summed E-state index contributed by atoms with van der Waals surface area (Å²) in [6.07, 6.45) is 2.95. The van der Waals surface area contributed by atoms with Gasteiger partial charge in [0.1, 0.15) is 5.60 Å². The van der Waals surface area contributed by atoms with Crippen molar-refractivity contribution in [3.8, 4) is 0 Å². The van der Waals surface area contributed by atoms with E-state index in [0.29, 0.717) is 11.4 Å². The van der Waals surface area contributed by atoms with Crippen molar-refractivity contribution in [2.24, 2.45) is 0 Å². The summed E-state index contributed by atoms with van der Waals surface area (Å²) in [7, 11) is 1.68. The molecule has 1 fully saturated rings. The highest BCUT2D eigenvalue weighted by molar-refractivity contribution is 5.70. The number of rotatable bonds is 4. The lowest BCUT2D eigenvalue weighted by molar-refractivity contribution is -0.136. The summed E-state index contributed by atoms with van der Waals surface area (Å²) < 4.78 is 5.55. The molecule has 0 spiro atoms. The standard InChI is InChI=1S/C13H18N2O3/c1-8-10(7-11(16)17)9(2)15-12(14-8)13(18-3)5-4-6-13/h4-7H2,1-3H3,(H,16,17). The number of methoxy groups -OCH3 is 1. The molecule has 5 nitrogen and oxygen atoms in total. The highest BCUT2D eigenvalue weighted by Gasteiger charge is 2.42. The van der Waals surface area contributed by atoms with Gasteiger partial charge in [0.15, 0.2) is 5.82 Å². The van der Waals surface area contributed by atoms with Crippen molar-refractivity contribution in [1.29, 1.82) is 0 Å². The molecule has 1 heterocycles. The molecule has 98 valence electrons. The van der Waals surface area contributed by atoms with Crippen LogP contribution < -0.4 is 0 Å². The third-order valence-corrected chi connectivity index (χ3v) is 3.71. The highest BCUT2D eigenvalue weighted by atomic mass is 16.5. The van der Waals surface area contributed by atoms with Crippen LogP contribution in [0, 0.1) is 13.8 Å². The van der Waals surface area contributed by atoms with Crippen LogP contribution >= 0.6 is 0 Å². The van der Waals surface area contributed by atoms with Crippen LogP contribution in [-0.4, -0.2) is 28.2 Å². The van der Waals surface area contributed by atoms with E-state index in [0.717, 1.165) is 30.7 Å². The van der Waals surface area contributed by atoms with E-state index >= 15 is 0 Å². The summed E-state index contributed by atoms with van der Waals surface area (Å²) in [5, 5.41) is 8.87. The molecule has 0 atom stereocenters. The van der Waals surface area contributed by atoms with E-state index in [1.165, 1.54) is 0 Å². The Morgan fingerprint density at radius 1 is 1.33 bits per heavy atom. The Kier molecular flexibility index (Phi) is 3.34. The predicted octanol–water partition coefficient (Wildman–Crippen LogP) is 1.75. The van der Waals surface area contributed by atoms with E-state index < -0.39 is 5.97 Å². The number of aryl methyl sites for hydroxylation is 2. The Balaban J connectivity index is 2.39. The van der Waals surface area contributed by atoms with Crippen LogP contribution in [0.15, 0.2) is 0 Å². The zero-order valence-corrected chi connectivity index (χ0v) is 11.0. The molecule has 0 saturated heterocycles. The van der Waals surface area contributed by atoms with Gasteiger partial charge in [-0.15, -0.1) is 0 Å². The fourth-order valence-corrected chi connectivity index (χ4v) is 2.37. The largest absolute Gasteiger partial charge is 0.481 e. The van der Waals surface area contributed by atoms with E-state index in [9.17, 15) is 4.79 Å². The molecule has 0 bridgehead atoms. The van der Waals surface area contributed by atoms with E-state index in [4.69, 9.17) is 9.84 Å². The van der Waals surface area contributed by atoms with Crippen LogP contribution in [0.1, 0.15) is 42.0 Å². The van der Waals surface area contributed by atoms with Gasteiger partial charge in [0.25, 0.3) is 0 Å². The second kappa shape index (κ2) is 4.65. The molecule has 18 heavy (non-hydrogen) atoms. The third kappa shape index (κ3) is 2.10. The molecule has 5 heteroatoms. The molecule has 1 aromatic rings. The Morgan fingerprint density at radius 3 is 2.22 bits per heavy atom. The lowest BCUT2D eigenvalue weighted by Gasteiger charge is -2.39. The number of carboxylic acid groups (broad SMARTS) is 1. The zero-order chi connectivity index (χ0) is 13.3. The first kappa shape index (κ1) is 13.0. The first-order valence-electron chi connectivity index (χ1n) is 6.10. The van der Waals surface area contributed by atoms with Crippen molar-refractivity contribution < 1.29 is 14.6 Å². The Hall–Kier alpha value is -1.49. The summed E-state index contributed by atoms with van der Waals surface area (Å²) in [5.74, 6) is -0.164. The van der Waals surface area contributed by atoms with Gasteiger partial charge in [0.05, 0.1) is 6.42 Å². The monoisotopic (exact) mass is 250 g/mol. The van der Waals surface area contributed by atoms with Crippen molar-refractivity contribution in [2.75, 3.05) is 7.11 Å². The van der Waals surface area contributed by atoms with E-state index in [2.05, 4.69) is 9.97 Å². The number of aliphatic carboxylic acids is 1. The summed E-state index contributed by atoms with van der Waals surface area (Å²) in [4.78, 5) is 19.7. The van der Waals surface area contributed by atoms with Crippen molar-refractivity contribution >= 4 is 5.97 Å². The molecule has 0 aliphatic heterocycles. The van der Waals surface area contributed by atoms with Gasteiger partial charge in [-0.25, -0.2) is 9.97 Å². The lowest BCUT2D eigenvalue weighted by Crippen LogP contribution is -2.38. The van der Waals surface area contributed by atoms with Gasteiger partial charge in [-0.05, 0) is 33.1 Å². The SMILES string of the molecule is COC1(c2nc(C)c(CC(=O)O)c(C)n2)CCC1. The minimum Gasteiger partial charge on any atom is -0.481 e. The van der Waals surface area contributed by atoms with Crippen LogP contribution in [-0.2, 0) is 21.6 Å². The van der Waals surface area contributed by atoms with Crippen molar-refractivity contribution in [2.45, 2.75) is 45.1 Å². The second-order valence-electron chi connectivity index (χ2n) is 4.82. The topological polar surface area (TPSA) is 72.3 Å². The van der Waals surface area contributed by atoms with Gasteiger partial charge >= 0.3 is 5.97 Å². The molecule has 1 aliphatic carbocycles. The molecule has 1 saturated carbocycles. The molecular formula is C13H18N2O3. The average Bonchev–Trinajstić information content (AvgIpc) is 2.22. The zero-order valence-electron chi connectivity index (χ0n) is 11.0. The van der Waals surface area contributed by atoms with Crippen LogP contribution in [0.2, 0.25) is 0 Å². The quantitative estimate of drug-likeness (QED) is 0.881. The van der Waals surface area contributed by atoms with Gasteiger partial charge < -0.3 is 9.84 Å². The molecule has 1 aliphatic rings. The first-order chi connectivity index (χ1) is 8.48. The Bertz CT molecular complexity index is 453. The summed E-state index contributed by atoms with van der Waals surface area (Å²) in [5.41, 5.74) is 1.83. The van der Waals surface area contributed by atoms with E-state index in [1.807, 2.05) is 13.8 Å². The normalized spacial score (nSPS) is 17.3. The maximum Gasteiger partial charge on any atom is 0.307 e. The maximum atomic E-state index is 10.8. The minimum atomic E-state index is -0.859. The number of hydrogen-bond donors (Lipinski definition) is 1. The van der Waals surface area contributed by atoms with Gasteiger partial charge in [0.2, 0.25) is 0 Å². The highest BCUT2D eigenvalue weighted by Crippen LogP contribution is 2.42. The van der Waals surface area contributed by atoms with Crippen LogP contribution in [0.4, 0.5) is 0 Å². The van der Waals surface area contributed by atoms with Gasteiger partial charge in [-0.1, -0.05) is 0 Å². The molecular weight excluding hydrogens is 232 g/mol. The minimum absolute atomic E-state index is 0.0298. The number of nitrogens with zero attached hydrogens (tertiary/aromatic N) is 2. The first-order valence-corrected chi connectivity index (χ1v) is 6.10. The van der Waals surface area contributed by atoms with Crippen LogP contribution in [0.25, 0.3) is 0 Å². The molecule has 0 amide bonds. The lowest BCUT2D eigenvalue weighted by atomic mass is 9.79. The summed E-state index contributed by atoms with van der Waals surface area (Å²) in [6.45, 7) is 3.66. The summed E-state index contributed by atoms with van der Waals surface area (Å²) in [6, 6.07) is 0. The molecule has 0 aromatic carbocycles. The van der Waals surface area contributed by atoms with Crippen molar-refractivity contribution in [3.05, 3.63) is 22.8 Å². The maximum absolute atomic E-state index is 10.8. The number of aromatic nitrogens is 2. The number of carbonyl (C=O) groups is 1. The van der Waals surface area contributed by atoms with Crippen molar-refractivity contribution in [1.82, 2.24) is 9.97 Å². The average molecular weight is 250 g/mol. The number of carboxylic acids is 1. The number of hydrogen-bond acceptors (Lipinski definition) is 4.